The zero-order chi connectivity index (χ0) is 16.3. The molecule has 0 spiro atoms. The quantitative estimate of drug-likeness (QED) is 0.933. The third kappa shape index (κ3) is 4.73. The second-order valence-corrected chi connectivity index (χ2v) is 7.23. The Morgan fingerprint density at radius 1 is 1.36 bits per heavy atom. The molecule has 0 bridgehead atoms. The molecule has 1 aromatic carbocycles. The number of nitrogens with zero attached hydrogens (tertiary/aromatic N) is 1. The van der Waals surface area contributed by atoms with Crippen LogP contribution in [0.15, 0.2) is 24.3 Å². The first-order valence-corrected chi connectivity index (χ1v) is 7.96. The van der Waals surface area contributed by atoms with Gasteiger partial charge in [-0.1, -0.05) is 29.8 Å². The third-order valence-corrected chi connectivity index (χ3v) is 3.99. The molecule has 2 rings (SSSR count). The van der Waals surface area contributed by atoms with Gasteiger partial charge in [0.2, 0.25) is 0 Å². The number of aryl methyl sites for hydroxylation is 1. The van der Waals surface area contributed by atoms with Crippen molar-refractivity contribution < 1.29 is 14.6 Å². The molecule has 1 aliphatic heterocycles. The number of hydrogen-bond acceptors (Lipinski definition) is 3. The number of carbonyl (C=O) groups is 1. The number of hydrogen-bond donors (Lipinski definition) is 1. The van der Waals surface area contributed by atoms with Gasteiger partial charge in [0.05, 0.1) is 6.10 Å². The number of ether oxygens (including phenoxy) is 1. The SMILES string of the molecule is Cc1ccc(CC(O)C2CCN(C(=O)OC(C)(C)C)C2)cc1. The van der Waals surface area contributed by atoms with Crippen molar-refractivity contribution in [2.45, 2.75) is 52.2 Å². The Morgan fingerprint density at radius 3 is 2.59 bits per heavy atom. The highest BCUT2D eigenvalue weighted by molar-refractivity contribution is 5.68. The second-order valence-electron chi connectivity index (χ2n) is 7.23. The van der Waals surface area contributed by atoms with Crippen molar-refractivity contribution in [2.24, 2.45) is 5.92 Å². The summed E-state index contributed by atoms with van der Waals surface area (Å²) in [4.78, 5) is 13.7. The van der Waals surface area contributed by atoms with Gasteiger partial charge in [-0.3, -0.25) is 0 Å². The molecule has 4 nitrogen and oxygen atoms in total. The van der Waals surface area contributed by atoms with Crippen LogP contribution in [0.3, 0.4) is 0 Å². The molecule has 2 unspecified atom stereocenters. The number of rotatable bonds is 3. The fraction of sp³-hybridized carbons (Fsp3) is 0.611. The largest absolute Gasteiger partial charge is 0.444 e. The Labute approximate surface area is 133 Å². The zero-order valence-corrected chi connectivity index (χ0v) is 14.0. The fourth-order valence-electron chi connectivity index (χ4n) is 2.73. The first-order valence-electron chi connectivity index (χ1n) is 7.96. The summed E-state index contributed by atoms with van der Waals surface area (Å²) in [5, 5.41) is 10.4. The highest BCUT2D eigenvalue weighted by atomic mass is 16.6. The summed E-state index contributed by atoms with van der Waals surface area (Å²) in [6.45, 7) is 8.88. The monoisotopic (exact) mass is 305 g/mol. The van der Waals surface area contributed by atoms with Gasteiger partial charge in [0.1, 0.15) is 5.60 Å². The summed E-state index contributed by atoms with van der Waals surface area (Å²) in [5.41, 5.74) is 1.87. The maximum absolute atomic E-state index is 12.0. The van der Waals surface area contributed by atoms with Crippen LogP contribution in [0.25, 0.3) is 0 Å². The Kier molecular flexibility index (Phi) is 5.12. The topological polar surface area (TPSA) is 49.8 Å². The van der Waals surface area contributed by atoms with Crippen molar-refractivity contribution in [2.75, 3.05) is 13.1 Å². The lowest BCUT2D eigenvalue weighted by atomic mass is 9.95. The minimum atomic E-state index is -0.477. The molecular formula is C18H27NO3. The molecule has 1 fully saturated rings. The molecule has 0 saturated carbocycles. The summed E-state index contributed by atoms with van der Waals surface area (Å²) in [6, 6.07) is 8.23. The molecule has 1 heterocycles. The molecular weight excluding hydrogens is 278 g/mol. The van der Waals surface area contributed by atoms with Crippen LogP contribution in [0.4, 0.5) is 4.79 Å². The van der Waals surface area contributed by atoms with Crippen LogP contribution in [0.1, 0.15) is 38.3 Å². The maximum atomic E-state index is 12.0. The number of likely N-dealkylation sites (tertiary alicyclic amines) is 1. The normalized spacial score (nSPS) is 20.0. The first-order chi connectivity index (χ1) is 10.2. The molecule has 1 aliphatic rings. The molecule has 4 heteroatoms. The van der Waals surface area contributed by atoms with Crippen LogP contribution >= 0.6 is 0 Å². The van der Waals surface area contributed by atoms with Crippen LogP contribution in [0.2, 0.25) is 0 Å². The summed E-state index contributed by atoms with van der Waals surface area (Å²) in [5.74, 6) is 0.119. The van der Waals surface area contributed by atoms with E-state index in [0.717, 1.165) is 12.0 Å². The minimum absolute atomic E-state index is 0.119. The van der Waals surface area contributed by atoms with Gasteiger partial charge in [-0.2, -0.15) is 0 Å². The number of benzene rings is 1. The van der Waals surface area contributed by atoms with E-state index < -0.39 is 11.7 Å². The van der Waals surface area contributed by atoms with Crippen molar-refractivity contribution in [1.82, 2.24) is 4.90 Å². The Balaban J connectivity index is 1.87. The van der Waals surface area contributed by atoms with E-state index in [1.54, 1.807) is 4.90 Å². The smallest absolute Gasteiger partial charge is 0.410 e. The van der Waals surface area contributed by atoms with Gasteiger partial charge in [-0.25, -0.2) is 4.79 Å². The van der Waals surface area contributed by atoms with Gasteiger partial charge in [0.25, 0.3) is 0 Å². The molecule has 122 valence electrons. The van der Waals surface area contributed by atoms with Crippen molar-refractivity contribution in [3.63, 3.8) is 0 Å². The predicted molar refractivity (Wildman–Crippen MR) is 86.8 cm³/mol. The van der Waals surface area contributed by atoms with E-state index in [4.69, 9.17) is 4.74 Å². The van der Waals surface area contributed by atoms with E-state index >= 15 is 0 Å². The summed E-state index contributed by atoms with van der Waals surface area (Å²) in [6.07, 6.45) is 0.756. The lowest BCUT2D eigenvalue weighted by molar-refractivity contribution is 0.0269. The highest BCUT2D eigenvalue weighted by Crippen LogP contribution is 2.24. The molecule has 0 aliphatic carbocycles. The molecule has 22 heavy (non-hydrogen) atoms. The van der Waals surface area contributed by atoms with E-state index in [-0.39, 0.29) is 12.0 Å². The van der Waals surface area contributed by atoms with E-state index in [1.807, 2.05) is 20.8 Å². The van der Waals surface area contributed by atoms with Crippen molar-refractivity contribution in [1.29, 1.82) is 0 Å². The summed E-state index contributed by atoms with van der Waals surface area (Å²) >= 11 is 0. The van der Waals surface area contributed by atoms with Crippen molar-refractivity contribution in [3.8, 4) is 0 Å². The molecule has 0 radical (unpaired) electrons. The molecule has 2 atom stereocenters. The van der Waals surface area contributed by atoms with Crippen molar-refractivity contribution >= 4 is 6.09 Å². The first kappa shape index (κ1) is 16.8. The summed E-state index contributed by atoms with van der Waals surface area (Å²) < 4.78 is 5.39. The third-order valence-electron chi connectivity index (χ3n) is 3.99. The molecule has 1 N–H and O–H groups in total. The van der Waals surface area contributed by atoms with Gasteiger partial charge < -0.3 is 14.7 Å². The van der Waals surface area contributed by atoms with E-state index in [9.17, 15) is 9.90 Å². The molecule has 1 amide bonds. The summed E-state index contributed by atoms with van der Waals surface area (Å²) in [7, 11) is 0. The average molecular weight is 305 g/mol. The fourth-order valence-corrected chi connectivity index (χ4v) is 2.73. The standard InChI is InChI=1S/C18H27NO3/c1-13-5-7-14(8-6-13)11-16(20)15-9-10-19(12-15)17(21)22-18(2,3)4/h5-8,15-16,20H,9-12H2,1-4H3. The van der Waals surface area contributed by atoms with E-state index in [0.29, 0.717) is 19.5 Å². The van der Waals surface area contributed by atoms with Crippen LogP contribution in [0, 0.1) is 12.8 Å². The van der Waals surface area contributed by atoms with Crippen LogP contribution in [0.5, 0.6) is 0 Å². The van der Waals surface area contributed by atoms with Crippen LogP contribution < -0.4 is 0 Å². The predicted octanol–water partition coefficient (Wildman–Crippen LogP) is 3.16. The lowest BCUT2D eigenvalue weighted by Gasteiger charge is -2.25. The number of amides is 1. The van der Waals surface area contributed by atoms with Gasteiger partial charge >= 0.3 is 6.09 Å². The van der Waals surface area contributed by atoms with Gasteiger partial charge in [-0.05, 0) is 46.1 Å². The maximum Gasteiger partial charge on any atom is 0.410 e. The Bertz CT molecular complexity index is 504. The molecule has 1 aromatic rings. The van der Waals surface area contributed by atoms with Gasteiger partial charge in [0.15, 0.2) is 0 Å². The number of aliphatic hydroxyl groups is 1. The minimum Gasteiger partial charge on any atom is -0.444 e. The highest BCUT2D eigenvalue weighted by Gasteiger charge is 2.33. The molecule has 0 aromatic heterocycles. The van der Waals surface area contributed by atoms with E-state index in [1.165, 1.54) is 5.56 Å². The van der Waals surface area contributed by atoms with Gasteiger partial charge in [-0.15, -0.1) is 0 Å². The lowest BCUT2D eigenvalue weighted by Crippen LogP contribution is -2.36. The van der Waals surface area contributed by atoms with Crippen LogP contribution in [-0.4, -0.2) is 40.9 Å². The second kappa shape index (κ2) is 6.69. The van der Waals surface area contributed by atoms with E-state index in [2.05, 4.69) is 31.2 Å². The van der Waals surface area contributed by atoms with Crippen LogP contribution in [-0.2, 0) is 11.2 Å². The Hall–Kier alpha value is -1.55. The zero-order valence-electron chi connectivity index (χ0n) is 14.0. The van der Waals surface area contributed by atoms with Gasteiger partial charge in [0, 0.05) is 19.0 Å². The number of carbonyl (C=O) groups excluding carboxylic acids is 1. The number of aliphatic hydroxyl groups excluding tert-OH is 1. The molecule has 1 saturated heterocycles. The van der Waals surface area contributed by atoms with Crippen molar-refractivity contribution in [3.05, 3.63) is 35.4 Å². The Morgan fingerprint density at radius 2 is 2.00 bits per heavy atom. The average Bonchev–Trinajstić information content (AvgIpc) is 2.89.